The molecule has 2 fully saturated rings. The fourth-order valence-corrected chi connectivity index (χ4v) is 3.71. The largest absolute Gasteiger partial charge is 0.381 e. The highest BCUT2D eigenvalue weighted by Gasteiger charge is 2.24. The van der Waals surface area contributed by atoms with E-state index in [0.29, 0.717) is 37.3 Å². The predicted molar refractivity (Wildman–Crippen MR) is 111 cm³/mol. The number of ether oxygens (including phenoxy) is 1. The summed E-state index contributed by atoms with van der Waals surface area (Å²) in [6.45, 7) is 6.96. The van der Waals surface area contributed by atoms with E-state index in [4.69, 9.17) is 10.5 Å². The molecule has 2 amide bonds. The Kier molecular flexibility index (Phi) is 7.24. The zero-order chi connectivity index (χ0) is 20.8. The molecule has 9 heteroatoms. The van der Waals surface area contributed by atoms with E-state index < -0.39 is 5.91 Å². The van der Waals surface area contributed by atoms with Gasteiger partial charge in [0.2, 0.25) is 11.9 Å². The standard InChI is InChI=1S/C20H32N6O3/c1-13(2)11-17(27)26-7-3-14(4-8-26)24-20-22-12-16(18(21)28)19(25-20)23-15-5-9-29-10-6-15/h12-15H,3-11H2,1-2H3,(H2,21,28)(H2,22,23,24,25). The first-order chi connectivity index (χ1) is 13.9. The third kappa shape index (κ3) is 6.03. The molecule has 3 rings (SSSR count). The number of hydrogen-bond acceptors (Lipinski definition) is 7. The molecule has 2 aliphatic rings. The van der Waals surface area contributed by atoms with Gasteiger partial charge in [-0.3, -0.25) is 9.59 Å². The maximum Gasteiger partial charge on any atom is 0.254 e. The average Bonchev–Trinajstić information content (AvgIpc) is 2.69. The molecule has 0 saturated carbocycles. The van der Waals surface area contributed by atoms with Crippen LogP contribution in [0.25, 0.3) is 0 Å². The third-order valence-electron chi connectivity index (χ3n) is 5.38. The lowest BCUT2D eigenvalue weighted by Crippen LogP contribution is -2.43. The van der Waals surface area contributed by atoms with E-state index in [1.54, 1.807) is 0 Å². The third-order valence-corrected chi connectivity index (χ3v) is 5.38. The molecule has 0 bridgehead atoms. The summed E-state index contributed by atoms with van der Waals surface area (Å²) in [7, 11) is 0. The Morgan fingerprint density at radius 2 is 1.83 bits per heavy atom. The first kappa shape index (κ1) is 21.3. The summed E-state index contributed by atoms with van der Waals surface area (Å²) in [4.78, 5) is 34.7. The fraction of sp³-hybridized carbons (Fsp3) is 0.700. The molecule has 2 saturated heterocycles. The van der Waals surface area contributed by atoms with Crippen LogP contribution in [-0.4, -0.2) is 65.1 Å². The SMILES string of the molecule is CC(C)CC(=O)N1CCC(Nc2ncc(C(N)=O)c(NC3CCOCC3)n2)CC1. The van der Waals surface area contributed by atoms with Crippen molar-refractivity contribution in [2.24, 2.45) is 11.7 Å². The van der Waals surface area contributed by atoms with Crippen LogP contribution in [0.1, 0.15) is 56.3 Å². The van der Waals surface area contributed by atoms with E-state index in [0.717, 1.165) is 38.8 Å². The number of nitrogens with zero attached hydrogens (tertiary/aromatic N) is 3. The summed E-state index contributed by atoms with van der Waals surface area (Å²) in [6, 6.07) is 0.383. The van der Waals surface area contributed by atoms with Gasteiger partial charge in [0.1, 0.15) is 5.82 Å². The highest BCUT2D eigenvalue weighted by atomic mass is 16.5. The van der Waals surface area contributed by atoms with Crippen molar-refractivity contribution in [1.82, 2.24) is 14.9 Å². The number of carbonyl (C=O) groups excluding carboxylic acids is 2. The van der Waals surface area contributed by atoms with Crippen molar-refractivity contribution < 1.29 is 14.3 Å². The van der Waals surface area contributed by atoms with Gasteiger partial charge in [-0.2, -0.15) is 4.98 Å². The second kappa shape index (κ2) is 9.87. The van der Waals surface area contributed by atoms with Crippen molar-refractivity contribution in [2.45, 2.75) is 58.0 Å². The topological polar surface area (TPSA) is 122 Å². The second-order valence-electron chi connectivity index (χ2n) is 8.25. The van der Waals surface area contributed by atoms with Gasteiger partial charge >= 0.3 is 0 Å². The highest BCUT2D eigenvalue weighted by molar-refractivity contribution is 5.97. The van der Waals surface area contributed by atoms with Crippen molar-refractivity contribution in [3.63, 3.8) is 0 Å². The van der Waals surface area contributed by atoms with Crippen LogP contribution in [0.2, 0.25) is 0 Å². The quantitative estimate of drug-likeness (QED) is 0.631. The Morgan fingerprint density at radius 3 is 2.45 bits per heavy atom. The lowest BCUT2D eigenvalue weighted by Gasteiger charge is -2.33. The number of hydrogen-bond donors (Lipinski definition) is 3. The summed E-state index contributed by atoms with van der Waals surface area (Å²) >= 11 is 0. The Labute approximate surface area is 171 Å². The van der Waals surface area contributed by atoms with Gasteiger partial charge in [0.25, 0.3) is 5.91 Å². The maximum absolute atomic E-state index is 12.2. The van der Waals surface area contributed by atoms with Crippen molar-refractivity contribution in [3.8, 4) is 0 Å². The number of nitrogens with two attached hydrogens (primary N) is 1. The predicted octanol–water partition coefficient (Wildman–Crippen LogP) is 1.62. The minimum absolute atomic E-state index is 0.188. The van der Waals surface area contributed by atoms with Gasteiger partial charge in [0.05, 0.1) is 5.56 Å². The Morgan fingerprint density at radius 1 is 1.17 bits per heavy atom. The summed E-state index contributed by atoms with van der Waals surface area (Å²) < 4.78 is 5.38. The molecule has 0 aliphatic carbocycles. The number of primary amides is 1. The Balaban J connectivity index is 1.60. The van der Waals surface area contributed by atoms with Crippen LogP contribution in [0.4, 0.5) is 11.8 Å². The van der Waals surface area contributed by atoms with Gasteiger partial charge in [-0.05, 0) is 31.6 Å². The van der Waals surface area contributed by atoms with Crippen LogP contribution >= 0.6 is 0 Å². The molecule has 0 radical (unpaired) electrons. The van der Waals surface area contributed by atoms with Crippen molar-refractivity contribution in [2.75, 3.05) is 36.9 Å². The first-order valence-corrected chi connectivity index (χ1v) is 10.5. The zero-order valence-corrected chi connectivity index (χ0v) is 17.3. The minimum Gasteiger partial charge on any atom is -0.381 e. The number of piperidine rings is 1. The molecule has 0 atom stereocenters. The lowest BCUT2D eigenvalue weighted by molar-refractivity contribution is -0.132. The summed E-state index contributed by atoms with van der Waals surface area (Å²) in [5.41, 5.74) is 5.78. The van der Waals surface area contributed by atoms with Crippen LogP contribution in [0.5, 0.6) is 0 Å². The summed E-state index contributed by atoms with van der Waals surface area (Å²) in [5.74, 6) is 0.978. The number of carbonyl (C=O) groups is 2. The molecule has 1 aromatic rings. The number of amides is 2. The molecule has 4 N–H and O–H groups in total. The van der Waals surface area contributed by atoms with Crippen molar-refractivity contribution in [3.05, 3.63) is 11.8 Å². The molecular weight excluding hydrogens is 372 g/mol. The van der Waals surface area contributed by atoms with Crippen LogP contribution in [-0.2, 0) is 9.53 Å². The van der Waals surface area contributed by atoms with Gasteiger partial charge in [-0.15, -0.1) is 0 Å². The molecular formula is C20H32N6O3. The fourth-order valence-electron chi connectivity index (χ4n) is 3.71. The second-order valence-corrected chi connectivity index (χ2v) is 8.25. The van der Waals surface area contributed by atoms with Gasteiger partial charge < -0.3 is 26.0 Å². The van der Waals surface area contributed by atoms with E-state index >= 15 is 0 Å². The molecule has 0 spiro atoms. The van der Waals surface area contributed by atoms with Crippen molar-refractivity contribution in [1.29, 1.82) is 0 Å². The zero-order valence-electron chi connectivity index (χ0n) is 17.3. The Hall–Kier alpha value is -2.42. The molecule has 0 unspecified atom stereocenters. The molecule has 1 aromatic heterocycles. The average molecular weight is 405 g/mol. The van der Waals surface area contributed by atoms with Gasteiger partial charge in [-0.25, -0.2) is 4.98 Å². The van der Waals surface area contributed by atoms with E-state index in [9.17, 15) is 9.59 Å². The van der Waals surface area contributed by atoms with Crippen LogP contribution in [0.15, 0.2) is 6.20 Å². The van der Waals surface area contributed by atoms with Gasteiger partial charge in [0.15, 0.2) is 0 Å². The smallest absolute Gasteiger partial charge is 0.254 e. The number of likely N-dealkylation sites (tertiary alicyclic amines) is 1. The van der Waals surface area contributed by atoms with Crippen LogP contribution < -0.4 is 16.4 Å². The number of anilines is 2. The number of nitrogens with one attached hydrogen (secondary N) is 2. The molecule has 29 heavy (non-hydrogen) atoms. The van der Waals surface area contributed by atoms with Gasteiger partial charge in [-0.1, -0.05) is 13.8 Å². The summed E-state index contributed by atoms with van der Waals surface area (Å²) in [6.07, 6.45) is 5.46. The minimum atomic E-state index is -0.553. The monoisotopic (exact) mass is 404 g/mol. The number of aromatic nitrogens is 2. The van der Waals surface area contributed by atoms with Crippen molar-refractivity contribution >= 4 is 23.6 Å². The molecule has 2 aliphatic heterocycles. The van der Waals surface area contributed by atoms with Crippen LogP contribution in [0, 0.1) is 5.92 Å². The molecule has 9 nitrogen and oxygen atoms in total. The number of rotatable bonds is 7. The van der Waals surface area contributed by atoms with Gasteiger partial charge in [0, 0.05) is 51.0 Å². The first-order valence-electron chi connectivity index (χ1n) is 10.5. The molecule has 3 heterocycles. The molecule has 0 aromatic carbocycles. The van der Waals surface area contributed by atoms with E-state index in [-0.39, 0.29) is 23.6 Å². The molecule has 160 valence electrons. The van der Waals surface area contributed by atoms with E-state index in [2.05, 4.69) is 34.4 Å². The lowest BCUT2D eigenvalue weighted by atomic mass is 10.0. The maximum atomic E-state index is 12.2. The highest BCUT2D eigenvalue weighted by Crippen LogP contribution is 2.21. The summed E-state index contributed by atoms with van der Waals surface area (Å²) in [5, 5.41) is 6.67. The van der Waals surface area contributed by atoms with Crippen LogP contribution in [0.3, 0.4) is 0 Å². The van der Waals surface area contributed by atoms with E-state index in [1.165, 1.54) is 6.20 Å². The van der Waals surface area contributed by atoms with E-state index in [1.807, 2.05) is 4.90 Å². The Bertz CT molecular complexity index is 712. The normalized spacial score (nSPS) is 18.7.